The van der Waals surface area contributed by atoms with E-state index in [9.17, 15) is 4.79 Å². The molecule has 0 fully saturated rings. The van der Waals surface area contributed by atoms with E-state index < -0.39 is 0 Å². The first-order valence-corrected chi connectivity index (χ1v) is 7.49. The summed E-state index contributed by atoms with van der Waals surface area (Å²) < 4.78 is 7.55. The zero-order valence-electron chi connectivity index (χ0n) is 13.2. The summed E-state index contributed by atoms with van der Waals surface area (Å²) in [6.07, 6.45) is 2.57. The number of aromatic nitrogens is 2. The van der Waals surface area contributed by atoms with E-state index in [1.807, 2.05) is 56.2 Å². The number of ether oxygens (including phenoxy) is 1. The highest BCUT2D eigenvalue weighted by atomic mass is 16.5. The van der Waals surface area contributed by atoms with Gasteiger partial charge in [-0.15, -0.1) is 0 Å². The minimum absolute atomic E-state index is 0.114. The van der Waals surface area contributed by atoms with Gasteiger partial charge in [0.25, 0.3) is 0 Å². The van der Waals surface area contributed by atoms with Crippen molar-refractivity contribution < 1.29 is 9.53 Å². The Kier molecular flexibility index (Phi) is 3.88. The van der Waals surface area contributed by atoms with Gasteiger partial charge in [-0.05, 0) is 25.0 Å². The molecular formula is C17H21N3O2. The number of hydrogen-bond donors (Lipinski definition) is 0. The molecule has 1 atom stereocenters. The number of fused-ring (bicyclic) bond motifs is 1. The molecule has 2 heterocycles. The maximum Gasteiger partial charge on any atom is 0.229 e. The van der Waals surface area contributed by atoms with Crippen LogP contribution in [-0.2, 0) is 24.8 Å². The fourth-order valence-electron chi connectivity index (χ4n) is 2.83. The van der Waals surface area contributed by atoms with Gasteiger partial charge in [-0.2, -0.15) is 5.10 Å². The second-order valence-electron chi connectivity index (χ2n) is 5.89. The summed E-state index contributed by atoms with van der Waals surface area (Å²) in [5.74, 6) is 0.909. The molecule has 3 rings (SSSR count). The molecule has 2 aromatic rings. The second kappa shape index (κ2) is 5.83. The molecular weight excluding hydrogens is 278 g/mol. The highest BCUT2D eigenvalue weighted by Gasteiger charge is 2.28. The van der Waals surface area contributed by atoms with Gasteiger partial charge in [-0.3, -0.25) is 9.48 Å². The third-order valence-corrected chi connectivity index (χ3v) is 4.35. The van der Waals surface area contributed by atoms with Gasteiger partial charge < -0.3 is 9.64 Å². The fourth-order valence-corrected chi connectivity index (χ4v) is 2.83. The lowest BCUT2D eigenvalue weighted by atomic mass is 9.95. The van der Waals surface area contributed by atoms with E-state index in [2.05, 4.69) is 5.10 Å². The molecule has 0 N–H and O–H groups in total. The van der Waals surface area contributed by atoms with E-state index in [4.69, 9.17) is 4.74 Å². The molecule has 0 bridgehead atoms. The summed E-state index contributed by atoms with van der Waals surface area (Å²) in [6, 6.07) is 7.93. The van der Waals surface area contributed by atoms with Crippen LogP contribution in [0.1, 0.15) is 16.8 Å². The summed E-state index contributed by atoms with van der Waals surface area (Å²) in [7, 11) is 3.75. The zero-order valence-corrected chi connectivity index (χ0v) is 13.2. The SMILES string of the molecule is Cc1c(CN(C)C(=O)[C@@H]2COc3ccccc3C2)cnn1C. The summed E-state index contributed by atoms with van der Waals surface area (Å²) >= 11 is 0. The molecule has 0 saturated heterocycles. The minimum atomic E-state index is -0.114. The smallest absolute Gasteiger partial charge is 0.229 e. The van der Waals surface area contributed by atoms with E-state index in [0.717, 1.165) is 29.0 Å². The van der Waals surface area contributed by atoms with Crippen molar-refractivity contribution in [1.82, 2.24) is 14.7 Å². The average molecular weight is 299 g/mol. The molecule has 0 spiro atoms. The Morgan fingerprint density at radius 1 is 1.45 bits per heavy atom. The van der Waals surface area contributed by atoms with Crippen molar-refractivity contribution in [3.63, 3.8) is 0 Å². The van der Waals surface area contributed by atoms with Crippen molar-refractivity contribution in [2.75, 3.05) is 13.7 Å². The number of carbonyl (C=O) groups is 1. The van der Waals surface area contributed by atoms with E-state index in [1.54, 1.807) is 4.90 Å². The quantitative estimate of drug-likeness (QED) is 0.870. The third kappa shape index (κ3) is 2.71. The van der Waals surface area contributed by atoms with E-state index >= 15 is 0 Å². The summed E-state index contributed by atoms with van der Waals surface area (Å²) in [6.45, 7) is 3.05. The second-order valence-corrected chi connectivity index (χ2v) is 5.89. The van der Waals surface area contributed by atoms with Crippen LogP contribution in [0.2, 0.25) is 0 Å². The molecule has 5 heteroatoms. The monoisotopic (exact) mass is 299 g/mol. The molecule has 5 nitrogen and oxygen atoms in total. The molecule has 1 amide bonds. The molecule has 1 aromatic carbocycles. The van der Waals surface area contributed by atoms with Gasteiger partial charge in [0.05, 0.1) is 12.1 Å². The first-order valence-electron chi connectivity index (χ1n) is 7.49. The number of amides is 1. The average Bonchev–Trinajstić information content (AvgIpc) is 2.85. The highest BCUT2D eigenvalue weighted by Crippen LogP contribution is 2.27. The Balaban J connectivity index is 1.68. The fraction of sp³-hybridized carbons (Fsp3) is 0.412. The number of aryl methyl sites for hydroxylation is 1. The van der Waals surface area contributed by atoms with Gasteiger partial charge in [0.15, 0.2) is 0 Å². The predicted molar refractivity (Wildman–Crippen MR) is 83.6 cm³/mol. The molecule has 22 heavy (non-hydrogen) atoms. The van der Waals surface area contributed by atoms with Crippen molar-refractivity contribution in [1.29, 1.82) is 0 Å². The maximum absolute atomic E-state index is 12.6. The molecule has 0 aliphatic carbocycles. The molecule has 0 radical (unpaired) electrons. The number of para-hydroxylation sites is 1. The lowest BCUT2D eigenvalue weighted by Gasteiger charge is -2.28. The third-order valence-electron chi connectivity index (χ3n) is 4.35. The zero-order chi connectivity index (χ0) is 15.7. The van der Waals surface area contributed by atoms with Gasteiger partial charge >= 0.3 is 0 Å². The Labute approximate surface area is 130 Å². The maximum atomic E-state index is 12.6. The molecule has 1 aliphatic heterocycles. The highest BCUT2D eigenvalue weighted by molar-refractivity contribution is 5.79. The summed E-state index contributed by atoms with van der Waals surface area (Å²) in [5, 5.41) is 4.22. The Bertz CT molecular complexity index is 693. The summed E-state index contributed by atoms with van der Waals surface area (Å²) in [4.78, 5) is 14.4. The lowest BCUT2D eigenvalue weighted by molar-refractivity contribution is -0.136. The summed E-state index contributed by atoms with van der Waals surface area (Å²) in [5.41, 5.74) is 3.28. The Morgan fingerprint density at radius 3 is 2.95 bits per heavy atom. The van der Waals surface area contributed by atoms with E-state index in [1.165, 1.54) is 0 Å². The van der Waals surface area contributed by atoms with Crippen LogP contribution in [0.4, 0.5) is 0 Å². The van der Waals surface area contributed by atoms with Crippen molar-refractivity contribution in [3.05, 3.63) is 47.3 Å². The number of rotatable bonds is 3. The Morgan fingerprint density at radius 2 is 2.23 bits per heavy atom. The van der Waals surface area contributed by atoms with Gasteiger partial charge in [0, 0.05) is 31.9 Å². The number of carbonyl (C=O) groups excluding carboxylic acids is 1. The van der Waals surface area contributed by atoms with E-state index in [-0.39, 0.29) is 11.8 Å². The van der Waals surface area contributed by atoms with E-state index in [0.29, 0.717) is 13.2 Å². The largest absolute Gasteiger partial charge is 0.492 e. The van der Waals surface area contributed by atoms with Crippen LogP contribution in [-0.4, -0.2) is 34.2 Å². The molecule has 116 valence electrons. The van der Waals surface area contributed by atoms with Gasteiger partial charge in [0.1, 0.15) is 12.4 Å². The minimum Gasteiger partial charge on any atom is -0.492 e. The topological polar surface area (TPSA) is 47.4 Å². The van der Waals surface area contributed by atoms with Crippen LogP contribution in [0, 0.1) is 12.8 Å². The molecule has 1 aromatic heterocycles. The molecule has 1 aliphatic rings. The van der Waals surface area contributed by atoms with Crippen LogP contribution in [0.3, 0.4) is 0 Å². The predicted octanol–water partition coefficient (Wildman–Crippen LogP) is 1.94. The van der Waals surface area contributed by atoms with Gasteiger partial charge in [0.2, 0.25) is 5.91 Å². The van der Waals surface area contributed by atoms with Crippen molar-refractivity contribution >= 4 is 5.91 Å². The van der Waals surface area contributed by atoms with Crippen LogP contribution in [0.5, 0.6) is 5.75 Å². The number of hydrogen-bond acceptors (Lipinski definition) is 3. The number of nitrogens with zero attached hydrogens (tertiary/aromatic N) is 3. The van der Waals surface area contributed by atoms with Crippen LogP contribution in [0.25, 0.3) is 0 Å². The van der Waals surface area contributed by atoms with Crippen LogP contribution >= 0.6 is 0 Å². The van der Waals surface area contributed by atoms with Gasteiger partial charge in [-0.1, -0.05) is 18.2 Å². The standard InChI is InChI=1S/C17H21N3O2/c1-12-15(9-18-20(12)3)10-19(2)17(21)14-8-13-6-4-5-7-16(13)22-11-14/h4-7,9,14H,8,10-11H2,1-3H3/t14-/m0/s1. The van der Waals surface area contributed by atoms with Crippen molar-refractivity contribution in [2.45, 2.75) is 19.9 Å². The normalized spacial score (nSPS) is 16.8. The first kappa shape index (κ1) is 14.6. The van der Waals surface area contributed by atoms with Crippen molar-refractivity contribution in [2.24, 2.45) is 13.0 Å². The lowest BCUT2D eigenvalue weighted by Crippen LogP contribution is -2.38. The first-order chi connectivity index (χ1) is 10.6. The van der Waals surface area contributed by atoms with Crippen LogP contribution in [0.15, 0.2) is 30.5 Å². The Hall–Kier alpha value is -2.30. The van der Waals surface area contributed by atoms with Gasteiger partial charge in [-0.25, -0.2) is 0 Å². The number of benzene rings is 1. The molecule has 0 saturated carbocycles. The molecule has 0 unspecified atom stereocenters. The van der Waals surface area contributed by atoms with Crippen LogP contribution < -0.4 is 4.74 Å². The van der Waals surface area contributed by atoms with Crippen molar-refractivity contribution in [3.8, 4) is 5.75 Å².